The van der Waals surface area contributed by atoms with E-state index in [2.05, 4.69) is 5.32 Å². The topological polar surface area (TPSA) is 124 Å². The fraction of sp³-hybridized carbons (Fsp3) is 0.467. The van der Waals surface area contributed by atoms with E-state index in [1.807, 2.05) is 0 Å². The normalized spacial score (nSPS) is 26.9. The molecule has 0 spiro atoms. The van der Waals surface area contributed by atoms with Crippen LogP contribution in [-0.2, 0) is 19.2 Å². The van der Waals surface area contributed by atoms with Gasteiger partial charge in [-0.2, -0.15) is 11.3 Å². The molecule has 3 rings (SSSR count). The standard InChI is InChI=1S/C15H16N2O6S2.Na/c1-15(2)9(14(22)23)17-11(19)8(12(17)25-15)16-10(18)7(13(20)21)6-3-4-24-5-6;/h3-5,7-9,12H,1-2H3,(H,16,18)(H,20,21)(H,22,23);/t7?,8-,9+,12-;/m1./s1. The van der Waals surface area contributed by atoms with Gasteiger partial charge in [-0.3, -0.25) is 14.4 Å². The maximum absolute atomic E-state index is 12.4. The van der Waals surface area contributed by atoms with Crippen molar-refractivity contribution >= 4 is 76.4 Å². The maximum Gasteiger partial charge on any atom is 0.327 e. The summed E-state index contributed by atoms with van der Waals surface area (Å²) in [4.78, 5) is 48.9. The number of carboxylic acid groups (broad SMARTS) is 2. The number of hydrogen-bond acceptors (Lipinski definition) is 6. The van der Waals surface area contributed by atoms with Gasteiger partial charge < -0.3 is 20.4 Å². The number of β-lactam (4-membered cyclic amide) rings is 1. The Kier molecular flexibility index (Phi) is 6.13. The number of amides is 2. The van der Waals surface area contributed by atoms with Crippen LogP contribution in [0.1, 0.15) is 25.3 Å². The Balaban J connectivity index is 0.00000243. The summed E-state index contributed by atoms with van der Waals surface area (Å²) in [7, 11) is 0. The molecule has 26 heavy (non-hydrogen) atoms. The minimum Gasteiger partial charge on any atom is -0.480 e. The summed E-state index contributed by atoms with van der Waals surface area (Å²) in [6.45, 7) is 3.46. The molecule has 2 aliphatic heterocycles. The van der Waals surface area contributed by atoms with E-state index in [0.717, 1.165) is 0 Å². The average Bonchev–Trinajstić information content (AvgIpc) is 3.09. The molecule has 0 aliphatic carbocycles. The van der Waals surface area contributed by atoms with Crippen LogP contribution in [0.4, 0.5) is 0 Å². The van der Waals surface area contributed by atoms with E-state index in [1.54, 1.807) is 30.7 Å². The van der Waals surface area contributed by atoms with Gasteiger partial charge in [0.1, 0.15) is 17.5 Å². The number of nitrogens with zero attached hydrogens (tertiary/aromatic N) is 1. The number of thioether (sulfide) groups is 1. The van der Waals surface area contributed by atoms with Crippen LogP contribution in [0.2, 0.25) is 0 Å². The van der Waals surface area contributed by atoms with Gasteiger partial charge >= 0.3 is 11.9 Å². The van der Waals surface area contributed by atoms with Gasteiger partial charge in [0, 0.05) is 34.3 Å². The number of carbonyl (C=O) groups is 4. The molecule has 3 N–H and O–H groups in total. The van der Waals surface area contributed by atoms with Crippen molar-refractivity contribution in [1.29, 1.82) is 0 Å². The van der Waals surface area contributed by atoms with Crippen LogP contribution < -0.4 is 5.32 Å². The second kappa shape index (κ2) is 7.51. The minimum absolute atomic E-state index is 0. The number of carbonyl (C=O) groups excluding carboxylic acids is 2. The predicted molar refractivity (Wildman–Crippen MR) is 96.1 cm³/mol. The Morgan fingerprint density at radius 3 is 2.46 bits per heavy atom. The molecule has 1 aromatic heterocycles. The van der Waals surface area contributed by atoms with E-state index < -0.39 is 51.9 Å². The number of aliphatic carboxylic acids is 2. The first kappa shape index (κ1) is 21.2. The van der Waals surface area contributed by atoms with Gasteiger partial charge in [0.05, 0.1) is 0 Å². The number of rotatable bonds is 5. The molecular weight excluding hydrogens is 391 g/mol. The molecular formula is C15H16N2NaO6S2. The molecule has 0 bridgehead atoms. The number of fused-ring (bicyclic) bond motifs is 1. The van der Waals surface area contributed by atoms with Crippen LogP contribution >= 0.6 is 23.1 Å². The second-order valence-electron chi connectivity index (χ2n) is 6.41. The summed E-state index contributed by atoms with van der Waals surface area (Å²) in [5.74, 6) is -5.08. The number of hydrogen-bond donors (Lipinski definition) is 3. The first-order valence-corrected chi connectivity index (χ1v) is 9.25. The maximum atomic E-state index is 12.4. The molecule has 8 nitrogen and oxygen atoms in total. The van der Waals surface area contributed by atoms with E-state index >= 15 is 0 Å². The van der Waals surface area contributed by atoms with Crippen LogP contribution in [0.3, 0.4) is 0 Å². The summed E-state index contributed by atoms with van der Waals surface area (Å²) in [6, 6.07) is -0.344. The van der Waals surface area contributed by atoms with Crippen molar-refractivity contribution < 1.29 is 29.4 Å². The smallest absolute Gasteiger partial charge is 0.327 e. The fourth-order valence-electron chi connectivity index (χ4n) is 3.23. The van der Waals surface area contributed by atoms with Gasteiger partial charge in [-0.15, -0.1) is 11.8 Å². The number of carboxylic acids is 2. The van der Waals surface area contributed by atoms with Crippen molar-refractivity contribution in [1.82, 2.24) is 10.2 Å². The molecule has 4 atom stereocenters. The van der Waals surface area contributed by atoms with Crippen LogP contribution in [0, 0.1) is 0 Å². The second-order valence-corrected chi connectivity index (χ2v) is 8.96. The van der Waals surface area contributed by atoms with Crippen LogP contribution in [0.25, 0.3) is 0 Å². The van der Waals surface area contributed by atoms with Gasteiger partial charge in [0.15, 0.2) is 5.92 Å². The molecule has 2 amide bonds. The van der Waals surface area contributed by atoms with E-state index in [1.165, 1.54) is 28.0 Å². The first-order chi connectivity index (χ1) is 11.6. The third-order valence-electron chi connectivity index (χ3n) is 4.36. The summed E-state index contributed by atoms with van der Waals surface area (Å²) in [5, 5.41) is 23.9. The Bertz CT molecular complexity index is 753. The van der Waals surface area contributed by atoms with Gasteiger partial charge in [-0.05, 0) is 36.2 Å². The van der Waals surface area contributed by atoms with E-state index in [0.29, 0.717) is 5.56 Å². The molecule has 135 valence electrons. The fourth-order valence-corrected chi connectivity index (χ4v) is 5.54. The van der Waals surface area contributed by atoms with E-state index in [4.69, 9.17) is 0 Å². The summed E-state index contributed by atoms with van der Waals surface area (Å²) in [5.41, 5.74) is 0.349. The molecule has 3 heterocycles. The predicted octanol–water partition coefficient (Wildman–Crippen LogP) is 0.167. The SMILES string of the molecule is CC1(C)S[C@@H]2[C@H](NC(=O)C(C(=O)O)c3ccsc3)C(=O)N2[C@H]1C(=O)O.[Na]. The third-order valence-corrected chi connectivity index (χ3v) is 6.63. The molecule has 2 saturated heterocycles. The molecule has 11 heteroatoms. The zero-order valence-corrected chi connectivity index (χ0v) is 18.0. The summed E-state index contributed by atoms with van der Waals surface area (Å²) >= 11 is 2.56. The molecule has 0 aromatic carbocycles. The Hall–Kier alpha value is -1.07. The third kappa shape index (κ3) is 3.40. The summed E-state index contributed by atoms with van der Waals surface area (Å²) < 4.78 is -0.703. The van der Waals surface area contributed by atoms with Crippen LogP contribution in [-0.4, -0.2) is 90.6 Å². The van der Waals surface area contributed by atoms with Crippen molar-refractivity contribution in [2.75, 3.05) is 0 Å². The first-order valence-electron chi connectivity index (χ1n) is 7.43. The van der Waals surface area contributed by atoms with Gasteiger partial charge in [-0.1, -0.05) is 0 Å². The van der Waals surface area contributed by atoms with E-state index in [-0.39, 0.29) is 29.6 Å². The largest absolute Gasteiger partial charge is 0.480 e. The Morgan fingerprint density at radius 1 is 1.31 bits per heavy atom. The number of nitrogens with one attached hydrogen (secondary N) is 1. The summed E-state index contributed by atoms with van der Waals surface area (Å²) in [6.07, 6.45) is 0. The molecule has 0 saturated carbocycles. The Labute approximate surface area is 179 Å². The molecule has 1 unspecified atom stereocenters. The quantitative estimate of drug-likeness (QED) is 0.361. The van der Waals surface area contributed by atoms with Crippen molar-refractivity contribution in [3.63, 3.8) is 0 Å². The van der Waals surface area contributed by atoms with Gasteiger partial charge in [0.25, 0.3) is 0 Å². The minimum atomic E-state index is -1.40. The van der Waals surface area contributed by atoms with Crippen LogP contribution in [0.5, 0.6) is 0 Å². The zero-order valence-electron chi connectivity index (χ0n) is 14.3. The van der Waals surface area contributed by atoms with E-state index in [9.17, 15) is 29.4 Å². The van der Waals surface area contributed by atoms with Gasteiger partial charge in [-0.25, -0.2) is 4.79 Å². The Morgan fingerprint density at radius 2 is 1.96 bits per heavy atom. The average molecular weight is 407 g/mol. The molecule has 1 radical (unpaired) electrons. The molecule has 1 aromatic rings. The zero-order chi connectivity index (χ0) is 18.5. The van der Waals surface area contributed by atoms with Crippen LogP contribution in [0.15, 0.2) is 16.8 Å². The van der Waals surface area contributed by atoms with Crippen molar-refractivity contribution in [2.24, 2.45) is 0 Å². The van der Waals surface area contributed by atoms with Crippen molar-refractivity contribution in [3.05, 3.63) is 22.4 Å². The molecule has 2 fully saturated rings. The molecule has 2 aliphatic rings. The number of thiophene rings is 1. The monoisotopic (exact) mass is 407 g/mol. The van der Waals surface area contributed by atoms with Crippen molar-refractivity contribution in [2.45, 2.75) is 42.0 Å². The van der Waals surface area contributed by atoms with Gasteiger partial charge in [0.2, 0.25) is 11.8 Å². The van der Waals surface area contributed by atoms with Crippen molar-refractivity contribution in [3.8, 4) is 0 Å².